The molecule has 0 spiro atoms. The van der Waals surface area contributed by atoms with Crippen LogP contribution in [0.2, 0.25) is 10.0 Å². The summed E-state index contributed by atoms with van der Waals surface area (Å²) in [7, 11) is -3.06. The highest BCUT2D eigenvalue weighted by Crippen LogP contribution is 2.24. The second-order valence-corrected chi connectivity index (χ2v) is 8.42. The predicted molar refractivity (Wildman–Crippen MR) is 85.3 cm³/mol. The van der Waals surface area contributed by atoms with Crippen molar-refractivity contribution in [3.8, 4) is 0 Å². The van der Waals surface area contributed by atoms with Gasteiger partial charge in [-0.3, -0.25) is 4.79 Å². The molecule has 1 N–H and O–H groups in total. The average Bonchev–Trinajstić information content (AvgIpc) is 2.64. The van der Waals surface area contributed by atoms with Gasteiger partial charge in [0.15, 0.2) is 9.84 Å². The highest BCUT2D eigenvalue weighted by molar-refractivity contribution is 7.91. The quantitative estimate of drug-likeness (QED) is 0.855. The van der Waals surface area contributed by atoms with Gasteiger partial charge in [0.25, 0.3) is 0 Å². The first-order valence-corrected chi connectivity index (χ1v) is 8.93. The van der Waals surface area contributed by atoms with Crippen molar-refractivity contribution in [2.45, 2.75) is 18.9 Å². The number of hydrogen-bond acceptors (Lipinski definition) is 3. The van der Waals surface area contributed by atoms with Crippen LogP contribution in [0.1, 0.15) is 18.9 Å². The molecule has 4 nitrogen and oxygen atoms in total. The predicted octanol–water partition coefficient (Wildman–Crippen LogP) is 2.70. The lowest BCUT2D eigenvalue weighted by Gasteiger charge is -2.22. The molecule has 7 heteroatoms. The van der Waals surface area contributed by atoms with Gasteiger partial charge in [-0.2, -0.15) is 0 Å². The Morgan fingerprint density at radius 3 is 2.71 bits per heavy atom. The lowest BCUT2D eigenvalue weighted by Crippen LogP contribution is -2.46. The van der Waals surface area contributed by atoms with Gasteiger partial charge in [0.05, 0.1) is 17.0 Å². The Morgan fingerprint density at radius 1 is 1.38 bits per heavy atom. The molecule has 1 aromatic rings. The van der Waals surface area contributed by atoms with Crippen LogP contribution in [0.25, 0.3) is 6.08 Å². The number of rotatable bonds is 3. The van der Waals surface area contributed by atoms with Crippen molar-refractivity contribution in [2.24, 2.45) is 0 Å². The summed E-state index contributed by atoms with van der Waals surface area (Å²) in [6, 6.07) is 4.95. The van der Waals surface area contributed by atoms with Crippen molar-refractivity contribution in [1.29, 1.82) is 0 Å². The van der Waals surface area contributed by atoms with Crippen molar-refractivity contribution in [2.75, 3.05) is 11.5 Å². The fourth-order valence-electron chi connectivity index (χ4n) is 2.26. The van der Waals surface area contributed by atoms with Crippen LogP contribution >= 0.6 is 23.2 Å². The molecule has 2 rings (SSSR count). The third kappa shape index (κ3) is 4.46. The number of benzene rings is 1. The zero-order chi connectivity index (χ0) is 15.7. The summed E-state index contributed by atoms with van der Waals surface area (Å²) in [6.45, 7) is 1.73. The first-order valence-electron chi connectivity index (χ1n) is 6.35. The van der Waals surface area contributed by atoms with E-state index in [1.807, 2.05) is 0 Å². The van der Waals surface area contributed by atoms with Gasteiger partial charge in [-0.1, -0.05) is 23.2 Å². The number of amides is 1. The molecule has 1 aliphatic heterocycles. The summed E-state index contributed by atoms with van der Waals surface area (Å²) in [4.78, 5) is 11.9. The Bertz CT molecular complexity index is 700. The van der Waals surface area contributed by atoms with Gasteiger partial charge in [-0.25, -0.2) is 8.42 Å². The maximum atomic E-state index is 11.9. The summed E-state index contributed by atoms with van der Waals surface area (Å²) >= 11 is 11.9. The summed E-state index contributed by atoms with van der Waals surface area (Å²) in [6.07, 6.45) is 3.30. The molecule has 1 aromatic carbocycles. The molecule has 1 unspecified atom stereocenters. The van der Waals surface area contributed by atoms with Crippen LogP contribution in [0.4, 0.5) is 0 Å². The maximum Gasteiger partial charge on any atom is 0.244 e. The van der Waals surface area contributed by atoms with Crippen LogP contribution in [-0.2, 0) is 14.6 Å². The van der Waals surface area contributed by atoms with Crippen molar-refractivity contribution in [3.63, 3.8) is 0 Å². The molecule has 0 radical (unpaired) electrons. The Balaban J connectivity index is 2.05. The van der Waals surface area contributed by atoms with Crippen molar-refractivity contribution >= 4 is 45.0 Å². The zero-order valence-corrected chi connectivity index (χ0v) is 13.7. The van der Waals surface area contributed by atoms with Crippen LogP contribution < -0.4 is 5.32 Å². The normalized spacial score (nSPS) is 24.3. The second-order valence-electron chi connectivity index (χ2n) is 5.39. The third-order valence-electron chi connectivity index (χ3n) is 3.30. The van der Waals surface area contributed by atoms with Crippen LogP contribution in [-0.4, -0.2) is 31.4 Å². The van der Waals surface area contributed by atoms with Gasteiger partial charge in [-0.05, 0) is 43.2 Å². The number of halogens is 2. The van der Waals surface area contributed by atoms with E-state index in [0.29, 0.717) is 22.0 Å². The smallest absolute Gasteiger partial charge is 0.244 e. The summed E-state index contributed by atoms with van der Waals surface area (Å²) in [5.41, 5.74) is -0.0817. The molecule has 0 aliphatic carbocycles. The van der Waals surface area contributed by atoms with E-state index in [1.54, 1.807) is 31.2 Å². The van der Waals surface area contributed by atoms with Crippen LogP contribution in [0.15, 0.2) is 24.3 Å². The van der Waals surface area contributed by atoms with Crippen molar-refractivity contribution < 1.29 is 13.2 Å². The van der Waals surface area contributed by atoms with E-state index in [2.05, 4.69) is 5.32 Å². The molecule has 114 valence electrons. The number of carbonyl (C=O) groups excluding carboxylic acids is 1. The molecule has 1 fully saturated rings. The Kier molecular flexibility index (Phi) is 4.66. The highest BCUT2D eigenvalue weighted by Gasteiger charge is 2.39. The second kappa shape index (κ2) is 5.99. The van der Waals surface area contributed by atoms with E-state index in [0.717, 1.165) is 0 Å². The van der Waals surface area contributed by atoms with Crippen LogP contribution in [0.5, 0.6) is 0 Å². The average molecular weight is 348 g/mol. The summed E-state index contributed by atoms with van der Waals surface area (Å²) < 4.78 is 23.0. The minimum atomic E-state index is -3.06. The lowest BCUT2D eigenvalue weighted by molar-refractivity contribution is -0.117. The van der Waals surface area contributed by atoms with Crippen molar-refractivity contribution in [3.05, 3.63) is 39.9 Å². The molecule has 1 aliphatic rings. The molecule has 0 saturated carbocycles. The standard InChI is InChI=1S/C14H15Cl2NO3S/c1-14(6-7-21(19,20)9-14)17-13(18)5-2-10-8-11(15)3-4-12(10)16/h2-5,8H,6-7,9H2,1H3,(H,17,18)/b5-2+. The molecule has 1 amide bonds. The minimum Gasteiger partial charge on any atom is -0.346 e. The van der Waals surface area contributed by atoms with Gasteiger partial charge in [0, 0.05) is 16.1 Å². The van der Waals surface area contributed by atoms with Gasteiger partial charge in [0.2, 0.25) is 5.91 Å². The minimum absolute atomic E-state index is 0.0303. The van der Waals surface area contributed by atoms with Crippen LogP contribution in [0, 0.1) is 0 Å². The van der Waals surface area contributed by atoms with Crippen molar-refractivity contribution in [1.82, 2.24) is 5.32 Å². The Morgan fingerprint density at radius 2 is 2.10 bits per heavy atom. The monoisotopic (exact) mass is 347 g/mol. The van der Waals surface area contributed by atoms with Gasteiger partial charge in [-0.15, -0.1) is 0 Å². The van der Waals surface area contributed by atoms with E-state index in [9.17, 15) is 13.2 Å². The zero-order valence-electron chi connectivity index (χ0n) is 11.4. The fourth-order valence-corrected chi connectivity index (χ4v) is 4.71. The van der Waals surface area contributed by atoms with Gasteiger partial charge < -0.3 is 5.32 Å². The highest BCUT2D eigenvalue weighted by atomic mass is 35.5. The molecule has 1 heterocycles. The van der Waals surface area contributed by atoms with E-state index in [4.69, 9.17) is 23.2 Å². The van der Waals surface area contributed by atoms with E-state index >= 15 is 0 Å². The molecular formula is C14H15Cl2NO3S. The molecule has 1 atom stereocenters. The summed E-state index contributed by atoms with van der Waals surface area (Å²) in [5.74, 6) is -0.281. The van der Waals surface area contributed by atoms with Gasteiger partial charge in [0.1, 0.15) is 0 Å². The maximum absolute atomic E-state index is 11.9. The van der Waals surface area contributed by atoms with E-state index in [-0.39, 0.29) is 17.4 Å². The number of sulfone groups is 1. The topological polar surface area (TPSA) is 63.2 Å². The molecular weight excluding hydrogens is 333 g/mol. The Hall–Kier alpha value is -1.04. The first-order chi connectivity index (χ1) is 9.69. The molecule has 21 heavy (non-hydrogen) atoms. The number of hydrogen-bond donors (Lipinski definition) is 1. The lowest BCUT2D eigenvalue weighted by atomic mass is 10.0. The number of carbonyl (C=O) groups is 1. The molecule has 0 bridgehead atoms. The Labute approximate surface area is 134 Å². The largest absolute Gasteiger partial charge is 0.346 e. The fraction of sp³-hybridized carbons (Fsp3) is 0.357. The van der Waals surface area contributed by atoms with Gasteiger partial charge >= 0.3 is 0 Å². The van der Waals surface area contributed by atoms with Crippen LogP contribution in [0.3, 0.4) is 0 Å². The molecule has 1 saturated heterocycles. The van der Waals surface area contributed by atoms with E-state index < -0.39 is 15.4 Å². The SMILES string of the molecule is CC1(NC(=O)/C=C/c2cc(Cl)ccc2Cl)CCS(=O)(=O)C1. The third-order valence-corrected chi connectivity index (χ3v) is 5.78. The number of nitrogens with one attached hydrogen (secondary N) is 1. The molecule has 0 aromatic heterocycles. The first kappa shape index (κ1) is 16.3. The van der Waals surface area contributed by atoms with E-state index in [1.165, 1.54) is 6.08 Å². The summed E-state index contributed by atoms with van der Waals surface area (Å²) in [5, 5.41) is 3.74.